The largest absolute Gasteiger partial charge is 0.497 e. The van der Waals surface area contributed by atoms with Crippen molar-refractivity contribution in [2.75, 3.05) is 25.1 Å². The summed E-state index contributed by atoms with van der Waals surface area (Å²) in [5.41, 5.74) is 7.73. The first-order valence-corrected chi connectivity index (χ1v) is 6.27. The Hall–Kier alpha value is -1.29. The Balaban J connectivity index is 3.19. The van der Waals surface area contributed by atoms with Crippen molar-refractivity contribution in [3.63, 3.8) is 0 Å². The van der Waals surface area contributed by atoms with Crippen LogP contribution in [-0.2, 0) is 0 Å². The van der Waals surface area contributed by atoms with Crippen LogP contribution in [0.25, 0.3) is 0 Å². The van der Waals surface area contributed by atoms with Gasteiger partial charge in [-0.25, -0.2) is 0 Å². The monoisotopic (exact) mass is 252 g/mol. The first-order valence-electron chi connectivity index (χ1n) is 5.86. The molecule has 2 N–H and O–H groups in total. The van der Waals surface area contributed by atoms with Gasteiger partial charge < -0.3 is 15.4 Å². The van der Waals surface area contributed by atoms with Gasteiger partial charge >= 0.3 is 0 Å². The number of thiocarbonyl (C=S) groups is 1. The summed E-state index contributed by atoms with van der Waals surface area (Å²) in [6.45, 7) is 6.19. The Kier molecular flexibility index (Phi) is 5.22. The molecule has 3 nitrogen and oxygen atoms in total. The third-order valence-electron chi connectivity index (χ3n) is 2.69. The summed E-state index contributed by atoms with van der Waals surface area (Å²) in [5.74, 6) is 0.828. The minimum absolute atomic E-state index is 0.428. The number of benzene rings is 1. The number of hydrogen-bond acceptors (Lipinski definition) is 3. The molecule has 0 aliphatic rings. The van der Waals surface area contributed by atoms with E-state index in [1.807, 2.05) is 18.2 Å². The van der Waals surface area contributed by atoms with E-state index >= 15 is 0 Å². The molecule has 0 atom stereocenters. The summed E-state index contributed by atoms with van der Waals surface area (Å²) in [6, 6.07) is 5.81. The van der Waals surface area contributed by atoms with Gasteiger partial charge in [-0.05, 0) is 25.5 Å². The van der Waals surface area contributed by atoms with E-state index in [1.165, 1.54) is 0 Å². The number of nitrogens with zero attached hydrogens (tertiary/aromatic N) is 1. The van der Waals surface area contributed by atoms with Crippen molar-refractivity contribution in [2.45, 2.75) is 20.3 Å². The Bertz CT molecular complexity index is 393. The van der Waals surface area contributed by atoms with Gasteiger partial charge in [0, 0.05) is 24.7 Å². The predicted molar refractivity (Wildman–Crippen MR) is 77.1 cm³/mol. The van der Waals surface area contributed by atoms with Crippen molar-refractivity contribution in [2.24, 2.45) is 5.73 Å². The van der Waals surface area contributed by atoms with Gasteiger partial charge in [-0.1, -0.05) is 19.1 Å². The van der Waals surface area contributed by atoms with E-state index in [0.29, 0.717) is 4.99 Å². The van der Waals surface area contributed by atoms with Gasteiger partial charge in [0.15, 0.2) is 0 Å². The van der Waals surface area contributed by atoms with Crippen LogP contribution >= 0.6 is 12.2 Å². The fraction of sp³-hybridized carbons (Fsp3) is 0.462. The van der Waals surface area contributed by atoms with Crippen molar-refractivity contribution >= 4 is 22.9 Å². The molecule has 0 unspecified atom stereocenters. The highest BCUT2D eigenvalue weighted by Gasteiger charge is 2.12. The van der Waals surface area contributed by atoms with Crippen LogP contribution in [0.2, 0.25) is 0 Å². The zero-order valence-corrected chi connectivity index (χ0v) is 11.5. The topological polar surface area (TPSA) is 38.5 Å². The molecule has 0 spiro atoms. The van der Waals surface area contributed by atoms with E-state index in [9.17, 15) is 0 Å². The van der Waals surface area contributed by atoms with Crippen molar-refractivity contribution in [1.82, 2.24) is 0 Å². The second-order valence-electron chi connectivity index (χ2n) is 3.83. The molecular formula is C13H20N2OS. The van der Waals surface area contributed by atoms with Crippen LogP contribution in [0.3, 0.4) is 0 Å². The SMILES string of the molecule is CCCN(CC)c1cc(OC)ccc1C(N)=S. The number of anilines is 1. The number of nitrogens with two attached hydrogens (primary N) is 1. The minimum Gasteiger partial charge on any atom is -0.497 e. The molecule has 0 saturated carbocycles. The lowest BCUT2D eigenvalue weighted by Crippen LogP contribution is -2.26. The number of rotatable bonds is 6. The quantitative estimate of drug-likeness (QED) is 0.790. The van der Waals surface area contributed by atoms with Crippen LogP contribution < -0.4 is 15.4 Å². The molecule has 4 heteroatoms. The lowest BCUT2D eigenvalue weighted by atomic mass is 10.1. The molecule has 0 aliphatic carbocycles. The second-order valence-corrected chi connectivity index (χ2v) is 4.27. The van der Waals surface area contributed by atoms with Crippen molar-refractivity contribution in [1.29, 1.82) is 0 Å². The van der Waals surface area contributed by atoms with Crippen LogP contribution in [0.1, 0.15) is 25.8 Å². The fourth-order valence-corrected chi connectivity index (χ4v) is 2.00. The molecular weight excluding hydrogens is 232 g/mol. The standard InChI is InChI=1S/C13H20N2OS/c1-4-8-15(5-2)12-9-10(16-3)6-7-11(12)13(14)17/h6-7,9H,4-5,8H2,1-3H3,(H2,14,17). The molecule has 94 valence electrons. The van der Waals surface area contributed by atoms with Crippen molar-refractivity contribution in [3.05, 3.63) is 23.8 Å². The van der Waals surface area contributed by atoms with Crippen LogP contribution in [0, 0.1) is 0 Å². The smallest absolute Gasteiger partial charge is 0.120 e. The average molecular weight is 252 g/mol. The average Bonchev–Trinajstić information content (AvgIpc) is 2.35. The molecule has 0 heterocycles. The molecule has 1 rings (SSSR count). The summed E-state index contributed by atoms with van der Waals surface area (Å²) in [4.78, 5) is 2.69. The summed E-state index contributed by atoms with van der Waals surface area (Å²) < 4.78 is 5.25. The summed E-state index contributed by atoms with van der Waals surface area (Å²) in [7, 11) is 1.66. The van der Waals surface area contributed by atoms with Crippen LogP contribution in [0.5, 0.6) is 5.75 Å². The highest BCUT2D eigenvalue weighted by molar-refractivity contribution is 7.80. The Labute approximate surface area is 109 Å². The molecule has 0 amide bonds. The van der Waals surface area contributed by atoms with Gasteiger partial charge in [-0.15, -0.1) is 0 Å². The molecule has 0 radical (unpaired) electrons. The zero-order chi connectivity index (χ0) is 12.8. The molecule has 1 aromatic carbocycles. The minimum atomic E-state index is 0.428. The van der Waals surface area contributed by atoms with Crippen LogP contribution in [0.4, 0.5) is 5.69 Å². The van der Waals surface area contributed by atoms with E-state index in [0.717, 1.165) is 36.5 Å². The van der Waals surface area contributed by atoms with Crippen LogP contribution in [-0.4, -0.2) is 25.2 Å². The van der Waals surface area contributed by atoms with E-state index in [1.54, 1.807) is 7.11 Å². The highest BCUT2D eigenvalue weighted by Crippen LogP contribution is 2.26. The molecule has 0 saturated heterocycles. The lowest BCUT2D eigenvalue weighted by molar-refractivity contribution is 0.414. The summed E-state index contributed by atoms with van der Waals surface area (Å²) >= 11 is 5.09. The van der Waals surface area contributed by atoms with Gasteiger partial charge in [0.05, 0.1) is 12.8 Å². The molecule has 1 aromatic rings. The number of ether oxygens (including phenoxy) is 1. The van der Waals surface area contributed by atoms with E-state index in [4.69, 9.17) is 22.7 Å². The van der Waals surface area contributed by atoms with Gasteiger partial charge in [0.1, 0.15) is 10.7 Å². The first-order chi connectivity index (χ1) is 8.13. The maximum Gasteiger partial charge on any atom is 0.120 e. The number of methoxy groups -OCH3 is 1. The van der Waals surface area contributed by atoms with Gasteiger partial charge in [0.2, 0.25) is 0 Å². The van der Waals surface area contributed by atoms with Crippen molar-refractivity contribution in [3.8, 4) is 5.75 Å². The van der Waals surface area contributed by atoms with Crippen molar-refractivity contribution < 1.29 is 4.74 Å². The highest BCUT2D eigenvalue weighted by atomic mass is 32.1. The Morgan fingerprint density at radius 3 is 2.59 bits per heavy atom. The Morgan fingerprint density at radius 2 is 2.12 bits per heavy atom. The molecule has 0 fully saturated rings. The van der Waals surface area contributed by atoms with E-state index in [-0.39, 0.29) is 0 Å². The van der Waals surface area contributed by atoms with E-state index in [2.05, 4.69) is 18.7 Å². The van der Waals surface area contributed by atoms with Crippen LogP contribution in [0.15, 0.2) is 18.2 Å². The molecule has 0 aliphatic heterocycles. The summed E-state index contributed by atoms with van der Waals surface area (Å²) in [6.07, 6.45) is 1.09. The molecule has 0 bridgehead atoms. The predicted octanol–water partition coefficient (Wildman–Crippen LogP) is 2.57. The maximum absolute atomic E-state index is 5.76. The normalized spacial score (nSPS) is 10.1. The maximum atomic E-state index is 5.76. The zero-order valence-electron chi connectivity index (χ0n) is 10.7. The van der Waals surface area contributed by atoms with Gasteiger partial charge in [-0.2, -0.15) is 0 Å². The third-order valence-corrected chi connectivity index (χ3v) is 2.91. The lowest BCUT2D eigenvalue weighted by Gasteiger charge is -2.25. The van der Waals surface area contributed by atoms with Gasteiger partial charge in [-0.3, -0.25) is 0 Å². The summed E-state index contributed by atoms with van der Waals surface area (Å²) in [5, 5.41) is 0. The fourth-order valence-electron chi connectivity index (χ4n) is 1.83. The molecule has 17 heavy (non-hydrogen) atoms. The second kappa shape index (κ2) is 6.45. The van der Waals surface area contributed by atoms with E-state index < -0.39 is 0 Å². The first kappa shape index (κ1) is 13.8. The Morgan fingerprint density at radius 1 is 1.41 bits per heavy atom. The number of hydrogen-bond donors (Lipinski definition) is 1. The third kappa shape index (κ3) is 3.33. The van der Waals surface area contributed by atoms with Gasteiger partial charge in [0.25, 0.3) is 0 Å². The molecule has 0 aromatic heterocycles.